The van der Waals surface area contributed by atoms with Crippen molar-refractivity contribution in [3.05, 3.63) is 83.2 Å². The molecule has 2 aromatic carbocycles. The minimum atomic E-state index is -4.05. The first-order valence-electron chi connectivity index (χ1n) is 9.14. The van der Waals surface area contributed by atoms with E-state index in [9.17, 15) is 13.2 Å². The number of benzene rings is 2. The van der Waals surface area contributed by atoms with Gasteiger partial charge in [0.1, 0.15) is 5.69 Å². The van der Waals surface area contributed by atoms with Crippen LogP contribution in [0.25, 0.3) is 0 Å². The minimum Gasteiger partial charge on any atom is -0.360 e. The van der Waals surface area contributed by atoms with E-state index >= 15 is 0 Å². The molecule has 1 aromatic heterocycles. The van der Waals surface area contributed by atoms with E-state index in [1.54, 1.807) is 0 Å². The van der Waals surface area contributed by atoms with E-state index in [0.717, 1.165) is 11.1 Å². The summed E-state index contributed by atoms with van der Waals surface area (Å²) >= 11 is 0. The second kappa shape index (κ2) is 9.02. The van der Waals surface area contributed by atoms with E-state index in [1.807, 2.05) is 65.6 Å². The van der Waals surface area contributed by atoms with Crippen LogP contribution in [0.3, 0.4) is 0 Å². The zero-order valence-electron chi connectivity index (χ0n) is 16.3. The Hall–Kier alpha value is -2.97. The first-order chi connectivity index (χ1) is 13.8. The molecule has 0 aliphatic rings. The molecule has 7 nitrogen and oxygen atoms in total. The first kappa shape index (κ1) is 20.8. The molecule has 0 fully saturated rings. The first-order valence-corrected chi connectivity index (χ1v) is 10.6. The molecule has 0 bridgehead atoms. The van der Waals surface area contributed by atoms with Crippen molar-refractivity contribution >= 4 is 15.9 Å². The lowest BCUT2D eigenvalue weighted by Crippen LogP contribution is -2.39. The number of amides is 1. The second-order valence-corrected chi connectivity index (χ2v) is 8.42. The predicted octanol–water partition coefficient (Wildman–Crippen LogP) is 2.80. The van der Waals surface area contributed by atoms with Gasteiger partial charge in [0, 0.05) is 13.1 Å². The summed E-state index contributed by atoms with van der Waals surface area (Å²) in [7, 11) is -4.05. The fraction of sp³-hybridized carbons (Fsp3) is 0.238. The summed E-state index contributed by atoms with van der Waals surface area (Å²) in [5.74, 6) is -0.468. The van der Waals surface area contributed by atoms with Gasteiger partial charge in [-0.25, -0.2) is 13.1 Å². The maximum Gasteiger partial charge on any atom is 0.269 e. The van der Waals surface area contributed by atoms with Crippen LogP contribution in [-0.4, -0.2) is 30.9 Å². The summed E-state index contributed by atoms with van der Waals surface area (Å²) in [4.78, 5) is 14.4. The molecular formula is C21H23N3O4S. The standard InChI is InChI=1S/C21H23N3O4S/c1-16-21(17(2)28-22-16)29(26,27)23-20(25)15-24(13-18-9-5-3-6-10-18)14-19-11-7-4-8-12-19/h3-12H,13-15H2,1-2H3,(H,23,25). The number of rotatable bonds is 8. The maximum atomic E-state index is 12.6. The third kappa shape index (κ3) is 5.52. The molecule has 0 aliphatic heterocycles. The average molecular weight is 413 g/mol. The Morgan fingerprint density at radius 1 is 0.966 bits per heavy atom. The molecule has 1 N–H and O–H groups in total. The summed E-state index contributed by atoms with van der Waals surface area (Å²) in [5.41, 5.74) is 2.28. The summed E-state index contributed by atoms with van der Waals surface area (Å²) in [6.07, 6.45) is 0. The van der Waals surface area contributed by atoms with Crippen LogP contribution < -0.4 is 4.72 Å². The number of nitrogens with one attached hydrogen (secondary N) is 1. The lowest BCUT2D eigenvalue weighted by molar-refractivity contribution is -0.120. The number of carbonyl (C=O) groups excluding carboxylic acids is 1. The highest BCUT2D eigenvalue weighted by molar-refractivity contribution is 7.90. The Balaban J connectivity index is 1.75. The highest BCUT2D eigenvalue weighted by Crippen LogP contribution is 2.18. The van der Waals surface area contributed by atoms with Gasteiger partial charge in [-0.1, -0.05) is 65.8 Å². The zero-order valence-corrected chi connectivity index (χ0v) is 17.1. The molecule has 1 heterocycles. The molecule has 3 rings (SSSR count). The van der Waals surface area contributed by atoms with Crippen molar-refractivity contribution in [2.45, 2.75) is 31.8 Å². The van der Waals surface area contributed by atoms with Crippen molar-refractivity contribution in [1.29, 1.82) is 0 Å². The molecule has 29 heavy (non-hydrogen) atoms. The maximum absolute atomic E-state index is 12.6. The van der Waals surface area contributed by atoms with E-state index in [1.165, 1.54) is 13.8 Å². The molecule has 0 saturated heterocycles. The van der Waals surface area contributed by atoms with Crippen LogP contribution in [0, 0.1) is 13.8 Å². The Kier molecular flexibility index (Phi) is 6.46. The van der Waals surface area contributed by atoms with Crippen LogP contribution in [0.4, 0.5) is 0 Å². The van der Waals surface area contributed by atoms with Crippen LogP contribution >= 0.6 is 0 Å². The van der Waals surface area contributed by atoms with Gasteiger partial charge in [-0.15, -0.1) is 0 Å². The van der Waals surface area contributed by atoms with Crippen molar-refractivity contribution in [2.24, 2.45) is 0 Å². The lowest BCUT2D eigenvalue weighted by atomic mass is 10.1. The van der Waals surface area contributed by atoms with E-state index in [4.69, 9.17) is 4.52 Å². The monoisotopic (exact) mass is 413 g/mol. The molecule has 0 unspecified atom stereocenters. The fourth-order valence-electron chi connectivity index (χ4n) is 3.15. The van der Waals surface area contributed by atoms with Crippen LogP contribution in [0.5, 0.6) is 0 Å². The van der Waals surface area contributed by atoms with Gasteiger partial charge < -0.3 is 4.52 Å². The molecule has 3 aromatic rings. The van der Waals surface area contributed by atoms with E-state index in [-0.39, 0.29) is 22.9 Å². The highest BCUT2D eigenvalue weighted by atomic mass is 32.2. The van der Waals surface area contributed by atoms with Gasteiger partial charge in [-0.05, 0) is 25.0 Å². The van der Waals surface area contributed by atoms with E-state index in [0.29, 0.717) is 13.1 Å². The number of sulfonamides is 1. The quantitative estimate of drug-likeness (QED) is 0.610. The van der Waals surface area contributed by atoms with Crippen molar-refractivity contribution in [3.8, 4) is 0 Å². The van der Waals surface area contributed by atoms with Crippen molar-refractivity contribution < 1.29 is 17.7 Å². The summed E-state index contributed by atoms with van der Waals surface area (Å²) in [6, 6.07) is 19.4. The fourth-order valence-corrected chi connectivity index (χ4v) is 4.45. The van der Waals surface area contributed by atoms with E-state index < -0.39 is 15.9 Å². The Morgan fingerprint density at radius 2 is 1.48 bits per heavy atom. The van der Waals surface area contributed by atoms with Crippen LogP contribution in [0.2, 0.25) is 0 Å². The lowest BCUT2D eigenvalue weighted by Gasteiger charge is -2.22. The summed E-state index contributed by atoms with van der Waals surface area (Å²) in [5, 5.41) is 3.65. The van der Waals surface area contributed by atoms with Crippen molar-refractivity contribution in [2.75, 3.05) is 6.54 Å². The molecule has 0 saturated carbocycles. The third-order valence-electron chi connectivity index (χ3n) is 4.35. The van der Waals surface area contributed by atoms with Crippen molar-refractivity contribution in [3.63, 3.8) is 0 Å². The second-order valence-electron chi connectivity index (χ2n) is 6.80. The smallest absolute Gasteiger partial charge is 0.269 e. The Bertz CT molecular complexity index is 1000. The molecular weight excluding hydrogens is 390 g/mol. The van der Waals surface area contributed by atoms with Gasteiger partial charge in [-0.2, -0.15) is 0 Å². The van der Waals surface area contributed by atoms with Crippen LogP contribution in [-0.2, 0) is 27.9 Å². The van der Waals surface area contributed by atoms with Gasteiger partial charge in [-0.3, -0.25) is 9.69 Å². The summed E-state index contributed by atoms with van der Waals surface area (Å²) in [6.45, 7) is 3.96. The normalized spacial score (nSPS) is 11.6. The number of hydrogen-bond donors (Lipinski definition) is 1. The van der Waals surface area contributed by atoms with Gasteiger partial charge >= 0.3 is 0 Å². The minimum absolute atomic E-state index is 0.0770. The molecule has 0 atom stereocenters. The molecule has 0 aliphatic carbocycles. The van der Waals surface area contributed by atoms with E-state index in [2.05, 4.69) is 9.88 Å². The van der Waals surface area contributed by atoms with Gasteiger partial charge in [0.15, 0.2) is 10.7 Å². The number of aryl methyl sites for hydroxylation is 2. The molecule has 0 radical (unpaired) electrons. The molecule has 152 valence electrons. The zero-order chi connectivity index (χ0) is 20.9. The van der Waals surface area contributed by atoms with Gasteiger partial charge in [0.25, 0.3) is 10.0 Å². The topological polar surface area (TPSA) is 92.5 Å². The van der Waals surface area contributed by atoms with Crippen LogP contribution in [0.1, 0.15) is 22.6 Å². The molecule has 8 heteroatoms. The number of carbonyl (C=O) groups is 1. The molecule has 1 amide bonds. The van der Waals surface area contributed by atoms with Gasteiger partial charge in [0.05, 0.1) is 6.54 Å². The Morgan fingerprint density at radius 3 is 1.93 bits per heavy atom. The highest BCUT2D eigenvalue weighted by Gasteiger charge is 2.26. The van der Waals surface area contributed by atoms with Gasteiger partial charge in [0.2, 0.25) is 5.91 Å². The summed E-state index contributed by atoms with van der Waals surface area (Å²) < 4.78 is 32.2. The Labute approximate surface area is 170 Å². The number of hydrogen-bond acceptors (Lipinski definition) is 6. The van der Waals surface area contributed by atoms with Crippen molar-refractivity contribution in [1.82, 2.24) is 14.8 Å². The number of nitrogens with zero attached hydrogens (tertiary/aromatic N) is 2. The largest absolute Gasteiger partial charge is 0.360 e. The predicted molar refractivity (Wildman–Crippen MR) is 108 cm³/mol. The SMILES string of the molecule is Cc1noc(C)c1S(=O)(=O)NC(=O)CN(Cc1ccccc1)Cc1ccccc1. The third-order valence-corrected chi connectivity index (χ3v) is 5.97. The average Bonchev–Trinajstić information content (AvgIpc) is 3.02. The number of aromatic nitrogens is 1. The van der Waals surface area contributed by atoms with Crippen LogP contribution in [0.15, 0.2) is 70.1 Å². The molecule has 0 spiro atoms.